The van der Waals surface area contributed by atoms with Crippen LogP contribution >= 0.6 is 0 Å². The van der Waals surface area contributed by atoms with Gasteiger partial charge in [-0.05, 0) is 30.3 Å². The van der Waals surface area contributed by atoms with Crippen LogP contribution in [-0.4, -0.2) is 30.1 Å². The molecule has 10 heteroatoms. The normalized spacial score (nSPS) is 11.3. The van der Waals surface area contributed by atoms with Gasteiger partial charge in [0.2, 0.25) is 15.9 Å². The summed E-state index contributed by atoms with van der Waals surface area (Å²) in [6.07, 6.45) is 1.02. The highest BCUT2D eigenvalue weighted by molar-refractivity contribution is 7.92. The Labute approximate surface area is 153 Å². The number of amides is 1. The van der Waals surface area contributed by atoms with Crippen LogP contribution in [0.4, 0.5) is 11.4 Å². The molecule has 3 rings (SSSR count). The predicted octanol–water partition coefficient (Wildman–Crippen LogP) is 0.700. The molecule has 0 saturated carbocycles. The molecule has 0 aliphatic rings. The van der Waals surface area contributed by atoms with Gasteiger partial charge in [-0.25, -0.2) is 13.2 Å². The molecule has 140 valence electrons. The van der Waals surface area contributed by atoms with Gasteiger partial charge < -0.3 is 5.32 Å². The summed E-state index contributed by atoms with van der Waals surface area (Å²) in [6, 6.07) is 12.6. The molecule has 0 aliphatic heterocycles. The molecule has 0 unspecified atom stereocenters. The van der Waals surface area contributed by atoms with E-state index in [0.29, 0.717) is 22.3 Å². The van der Waals surface area contributed by atoms with Crippen molar-refractivity contribution in [3.63, 3.8) is 0 Å². The fourth-order valence-electron chi connectivity index (χ4n) is 2.62. The van der Waals surface area contributed by atoms with Gasteiger partial charge in [-0.3, -0.25) is 23.9 Å². The standard InChI is InChI=1S/C17H16N4O5S/c1-27(25,26)20-12-6-4-5-11(9-12)18-15(22)10-21-14-8-3-2-7-13(14)16(23)19-17(21)24/h2-9,20H,10H2,1H3,(H,18,22)(H,19,23,24). The average molecular weight is 388 g/mol. The first-order chi connectivity index (χ1) is 12.7. The second-order valence-corrected chi connectivity index (χ2v) is 7.61. The number of fused-ring (bicyclic) bond motifs is 1. The van der Waals surface area contributed by atoms with Crippen molar-refractivity contribution < 1.29 is 13.2 Å². The van der Waals surface area contributed by atoms with Gasteiger partial charge >= 0.3 is 5.69 Å². The highest BCUT2D eigenvalue weighted by atomic mass is 32.2. The fraction of sp³-hybridized carbons (Fsp3) is 0.118. The average Bonchev–Trinajstić information content (AvgIpc) is 2.57. The first kappa shape index (κ1) is 18.4. The van der Waals surface area contributed by atoms with Crippen LogP contribution in [0.5, 0.6) is 0 Å². The van der Waals surface area contributed by atoms with Gasteiger partial charge in [0.05, 0.1) is 22.8 Å². The number of nitrogens with one attached hydrogen (secondary N) is 3. The molecular formula is C17H16N4O5S. The van der Waals surface area contributed by atoms with Crippen LogP contribution in [0, 0.1) is 0 Å². The van der Waals surface area contributed by atoms with Gasteiger partial charge in [-0.15, -0.1) is 0 Å². The molecule has 1 amide bonds. The van der Waals surface area contributed by atoms with Crippen molar-refractivity contribution in [1.29, 1.82) is 0 Å². The summed E-state index contributed by atoms with van der Waals surface area (Å²) in [7, 11) is -3.45. The number of nitrogens with zero attached hydrogens (tertiary/aromatic N) is 1. The van der Waals surface area contributed by atoms with Crippen molar-refractivity contribution in [2.24, 2.45) is 0 Å². The summed E-state index contributed by atoms with van der Waals surface area (Å²) in [5, 5.41) is 2.89. The van der Waals surface area contributed by atoms with Gasteiger partial charge in [0, 0.05) is 5.69 Å². The van der Waals surface area contributed by atoms with E-state index in [0.717, 1.165) is 10.8 Å². The van der Waals surface area contributed by atoms with E-state index in [4.69, 9.17) is 0 Å². The van der Waals surface area contributed by atoms with Crippen LogP contribution in [0.25, 0.3) is 10.9 Å². The number of para-hydroxylation sites is 1. The van der Waals surface area contributed by atoms with Gasteiger partial charge in [0.15, 0.2) is 0 Å². The lowest BCUT2D eigenvalue weighted by molar-refractivity contribution is -0.116. The van der Waals surface area contributed by atoms with Crippen LogP contribution in [0.2, 0.25) is 0 Å². The predicted molar refractivity (Wildman–Crippen MR) is 102 cm³/mol. The fourth-order valence-corrected chi connectivity index (χ4v) is 3.17. The molecule has 9 nitrogen and oxygen atoms in total. The molecule has 0 radical (unpaired) electrons. The van der Waals surface area contributed by atoms with Crippen LogP contribution in [0.1, 0.15) is 0 Å². The maximum atomic E-state index is 12.4. The molecular weight excluding hydrogens is 372 g/mol. The van der Waals surface area contributed by atoms with E-state index in [9.17, 15) is 22.8 Å². The zero-order valence-electron chi connectivity index (χ0n) is 14.2. The summed E-state index contributed by atoms with van der Waals surface area (Å²) in [5.74, 6) is -0.509. The summed E-state index contributed by atoms with van der Waals surface area (Å²) in [4.78, 5) is 38.5. The molecule has 3 aromatic rings. The SMILES string of the molecule is CS(=O)(=O)Nc1cccc(NC(=O)Cn2c(=O)[nH]c(=O)c3ccccc32)c1. The molecule has 27 heavy (non-hydrogen) atoms. The summed E-state index contributed by atoms with van der Waals surface area (Å²) in [6.45, 7) is -0.320. The zero-order chi connectivity index (χ0) is 19.6. The van der Waals surface area contributed by atoms with Gasteiger partial charge in [0.25, 0.3) is 5.56 Å². The minimum absolute atomic E-state index is 0.293. The lowest BCUT2D eigenvalue weighted by Gasteiger charge is -2.11. The number of hydrogen-bond acceptors (Lipinski definition) is 5. The van der Waals surface area contributed by atoms with Gasteiger partial charge in [-0.1, -0.05) is 18.2 Å². The Hall–Kier alpha value is -3.40. The number of sulfonamides is 1. The smallest absolute Gasteiger partial charge is 0.324 e. The first-order valence-electron chi connectivity index (χ1n) is 7.82. The summed E-state index contributed by atoms with van der Waals surface area (Å²) < 4.78 is 26.1. The quantitative estimate of drug-likeness (QED) is 0.592. The summed E-state index contributed by atoms with van der Waals surface area (Å²) >= 11 is 0. The molecule has 0 aliphatic carbocycles. The van der Waals surface area contributed by atoms with Crippen LogP contribution in [0.3, 0.4) is 0 Å². The Morgan fingerprint density at radius 3 is 2.52 bits per heavy atom. The van der Waals surface area contributed by atoms with Gasteiger partial charge in [0.1, 0.15) is 6.54 Å². The lowest BCUT2D eigenvalue weighted by Crippen LogP contribution is -2.34. The van der Waals surface area contributed by atoms with Crippen molar-refractivity contribution in [2.75, 3.05) is 16.3 Å². The number of aromatic nitrogens is 2. The zero-order valence-corrected chi connectivity index (χ0v) is 15.0. The Morgan fingerprint density at radius 1 is 1.07 bits per heavy atom. The van der Waals surface area contributed by atoms with Crippen molar-refractivity contribution in [2.45, 2.75) is 6.54 Å². The first-order valence-corrected chi connectivity index (χ1v) is 9.72. The Morgan fingerprint density at radius 2 is 1.78 bits per heavy atom. The molecule has 0 saturated heterocycles. The number of rotatable bonds is 5. The number of benzene rings is 2. The monoisotopic (exact) mass is 388 g/mol. The molecule has 0 atom stereocenters. The molecule has 1 heterocycles. The van der Waals surface area contributed by atoms with Crippen molar-refractivity contribution in [3.05, 3.63) is 69.4 Å². The summed E-state index contributed by atoms with van der Waals surface area (Å²) in [5.41, 5.74) is -0.223. The van der Waals surface area contributed by atoms with E-state index in [1.807, 2.05) is 0 Å². The van der Waals surface area contributed by atoms with Crippen molar-refractivity contribution in [1.82, 2.24) is 9.55 Å². The Kier molecular flexibility index (Phi) is 4.82. The maximum Gasteiger partial charge on any atom is 0.329 e. The van der Waals surface area contributed by atoms with E-state index in [2.05, 4.69) is 15.0 Å². The van der Waals surface area contributed by atoms with E-state index < -0.39 is 27.2 Å². The molecule has 3 N–H and O–H groups in total. The number of carbonyl (C=O) groups is 1. The number of hydrogen-bond donors (Lipinski definition) is 3. The molecule has 0 bridgehead atoms. The van der Waals surface area contributed by atoms with Crippen LogP contribution in [-0.2, 0) is 21.4 Å². The third-order valence-corrected chi connectivity index (χ3v) is 4.26. The number of carbonyl (C=O) groups excluding carboxylic acids is 1. The minimum Gasteiger partial charge on any atom is -0.324 e. The van der Waals surface area contributed by atoms with Crippen LogP contribution < -0.4 is 21.3 Å². The topological polar surface area (TPSA) is 130 Å². The molecule has 2 aromatic carbocycles. The van der Waals surface area contributed by atoms with Crippen molar-refractivity contribution in [3.8, 4) is 0 Å². The second kappa shape index (κ2) is 7.08. The lowest BCUT2D eigenvalue weighted by atomic mass is 10.2. The van der Waals surface area contributed by atoms with E-state index in [-0.39, 0.29) is 6.54 Å². The number of anilines is 2. The largest absolute Gasteiger partial charge is 0.329 e. The van der Waals surface area contributed by atoms with E-state index in [1.54, 1.807) is 36.4 Å². The third kappa shape index (κ3) is 4.42. The molecule has 1 aromatic heterocycles. The maximum absolute atomic E-state index is 12.4. The van der Waals surface area contributed by atoms with Crippen LogP contribution in [0.15, 0.2) is 58.1 Å². The Balaban J connectivity index is 1.85. The third-order valence-electron chi connectivity index (χ3n) is 3.66. The number of H-pyrrole nitrogens is 1. The number of aromatic amines is 1. The highest BCUT2D eigenvalue weighted by Crippen LogP contribution is 2.16. The van der Waals surface area contributed by atoms with E-state index >= 15 is 0 Å². The Bertz CT molecular complexity index is 1240. The molecule has 0 fully saturated rings. The van der Waals surface area contributed by atoms with Gasteiger partial charge in [-0.2, -0.15) is 0 Å². The second-order valence-electron chi connectivity index (χ2n) is 5.87. The van der Waals surface area contributed by atoms with E-state index in [1.165, 1.54) is 12.1 Å². The molecule has 0 spiro atoms. The highest BCUT2D eigenvalue weighted by Gasteiger charge is 2.11. The van der Waals surface area contributed by atoms with Crippen molar-refractivity contribution >= 4 is 38.2 Å². The minimum atomic E-state index is -3.45.